The normalized spacial score (nSPS) is 50.5. The summed E-state index contributed by atoms with van der Waals surface area (Å²) in [6.07, 6.45) is 45.8. The zero-order valence-electron chi connectivity index (χ0n) is 32.8. The van der Waals surface area contributed by atoms with Gasteiger partial charge in [-0.25, -0.2) is 0 Å². The van der Waals surface area contributed by atoms with Crippen LogP contribution in [0.15, 0.2) is 0 Å². The molecule has 288 valence electrons. The van der Waals surface area contributed by atoms with Crippen molar-refractivity contribution in [1.82, 2.24) is 16.0 Å². The summed E-state index contributed by atoms with van der Waals surface area (Å²) in [6, 6.07) is 0. The number of rotatable bonds is 5. The van der Waals surface area contributed by atoms with E-state index in [0.717, 1.165) is 76.9 Å². The van der Waals surface area contributed by atoms with E-state index < -0.39 is 0 Å². The Morgan fingerprint density at radius 1 is 0.294 bits per heavy atom. The molecular weight excluding hydrogens is 623 g/mol. The molecule has 8 aliphatic carbocycles. The highest BCUT2D eigenvalue weighted by Gasteiger charge is 2.59. The summed E-state index contributed by atoms with van der Waals surface area (Å²) in [5, 5.41) is 13.1. The van der Waals surface area contributed by atoms with Gasteiger partial charge in [0.1, 0.15) is 0 Å². The van der Waals surface area contributed by atoms with Gasteiger partial charge in [-0.3, -0.25) is 16.0 Å². The van der Waals surface area contributed by atoms with Crippen LogP contribution in [0.5, 0.6) is 0 Å². The lowest BCUT2D eigenvalue weighted by atomic mass is 9.55. The first-order valence-electron chi connectivity index (χ1n) is 24.2. The third-order valence-corrected chi connectivity index (χ3v) is 19.0. The zero-order chi connectivity index (χ0) is 33.7. The highest BCUT2D eigenvalue weighted by atomic mass is 16.5. The SMILES string of the molecule is C1CCC(C2CCC3CC(C4CCC(C5NC(C6CCCCC6)NC(C6CCCCC6)N5)C5C6CC7CCCCC7CC6OC45)CCC3C2)CC1. The second-order valence-electron chi connectivity index (χ2n) is 21.4. The lowest BCUT2D eigenvalue weighted by Gasteiger charge is -2.53. The molecule has 0 aromatic carbocycles. The van der Waals surface area contributed by atoms with Crippen LogP contribution in [0.1, 0.15) is 186 Å². The largest absolute Gasteiger partial charge is 0.374 e. The molecule has 0 aromatic rings. The van der Waals surface area contributed by atoms with Crippen molar-refractivity contribution in [3.05, 3.63) is 0 Å². The minimum atomic E-state index is 0.468. The maximum atomic E-state index is 7.65. The van der Waals surface area contributed by atoms with Crippen LogP contribution in [-0.2, 0) is 4.74 Å². The summed E-state index contributed by atoms with van der Waals surface area (Å²) >= 11 is 0. The summed E-state index contributed by atoms with van der Waals surface area (Å²) in [5.41, 5.74) is 0. The number of hydrogen-bond donors (Lipinski definition) is 3. The maximum Gasteiger partial charge on any atom is 0.0645 e. The predicted molar refractivity (Wildman–Crippen MR) is 209 cm³/mol. The van der Waals surface area contributed by atoms with Gasteiger partial charge >= 0.3 is 0 Å². The fourth-order valence-electron chi connectivity index (χ4n) is 16.4. The van der Waals surface area contributed by atoms with Gasteiger partial charge in [0.05, 0.1) is 30.7 Å². The monoisotopic (exact) mass is 702 g/mol. The van der Waals surface area contributed by atoms with Crippen LogP contribution in [0.4, 0.5) is 0 Å². The first kappa shape index (κ1) is 35.3. The van der Waals surface area contributed by atoms with Gasteiger partial charge in [0, 0.05) is 0 Å². The Balaban J connectivity index is 0.886. The van der Waals surface area contributed by atoms with Crippen molar-refractivity contribution in [1.29, 1.82) is 0 Å². The van der Waals surface area contributed by atoms with Crippen molar-refractivity contribution >= 4 is 0 Å². The van der Waals surface area contributed by atoms with E-state index in [2.05, 4.69) is 16.0 Å². The van der Waals surface area contributed by atoms with Crippen LogP contribution in [0, 0.1) is 76.9 Å². The van der Waals surface area contributed by atoms with Gasteiger partial charge in [-0.1, -0.05) is 96.3 Å². The molecule has 10 aliphatic rings. The van der Waals surface area contributed by atoms with E-state index in [1.807, 2.05) is 0 Å². The number of fused-ring (bicyclic) bond motifs is 5. The van der Waals surface area contributed by atoms with Gasteiger partial charge in [0.25, 0.3) is 0 Å². The van der Waals surface area contributed by atoms with Crippen molar-refractivity contribution < 1.29 is 4.74 Å². The number of nitrogens with one attached hydrogen (secondary N) is 3. The third-order valence-electron chi connectivity index (χ3n) is 19.0. The predicted octanol–water partition coefficient (Wildman–Crippen LogP) is 10.9. The molecule has 0 bridgehead atoms. The van der Waals surface area contributed by atoms with Crippen molar-refractivity contribution in [3.63, 3.8) is 0 Å². The molecule has 2 heterocycles. The summed E-state index contributed by atoms with van der Waals surface area (Å²) in [5.74, 6) is 12.0. The molecule has 14 unspecified atom stereocenters. The maximum absolute atomic E-state index is 7.65. The summed E-state index contributed by atoms with van der Waals surface area (Å²) in [7, 11) is 0. The molecule has 3 N–H and O–H groups in total. The molecule has 0 aromatic heterocycles. The lowest BCUT2D eigenvalue weighted by Crippen LogP contribution is -2.73. The molecule has 0 amide bonds. The molecule has 10 rings (SSSR count). The van der Waals surface area contributed by atoms with Crippen molar-refractivity contribution in [3.8, 4) is 0 Å². The minimum Gasteiger partial charge on any atom is -0.374 e. The summed E-state index contributed by atoms with van der Waals surface area (Å²) in [4.78, 5) is 0. The van der Waals surface area contributed by atoms with Crippen LogP contribution < -0.4 is 16.0 Å². The Morgan fingerprint density at radius 2 is 0.725 bits per heavy atom. The van der Waals surface area contributed by atoms with E-state index in [-0.39, 0.29) is 0 Å². The third kappa shape index (κ3) is 7.20. The molecule has 0 radical (unpaired) electrons. The molecular formula is C47H79N3O. The average Bonchev–Trinajstić information content (AvgIpc) is 3.58. The molecule has 8 saturated carbocycles. The van der Waals surface area contributed by atoms with Crippen LogP contribution in [0.2, 0.25) is 0 Å². The Bertz CT molecular complexity index is 1100. The molecule has 0 spiro atoms. The van der Waals surface area contributed by atoms with Gasteiger partial charge in [-0.2, -0.15) is 0 Å². The quantitative estimate of drug-likeness (QED) is 0.267. The Labute approximate surface area is 313 Å². The van der Waals surface area contributed by atoms with Crippen LogP contribution in [-0.4, -0.2) is 30.7 Å². The summed E-state index contributed by atoms with van der Waals surface area (Å²) in [6.45, 7) is 0. The van der Waals surface area contributed by atoms with E-state index in [1.54, 1.807) is 44.9 Å². The second-order valence-corrected chi connectivity index (χ2v) is 21.4. The van der Waals surface area contributed by atoms with Gasteiger partial charge in [-0.15, -0.1) is 0 Å². The minimum absolute atomic E-state index is 0.468. The van der Waals surface area contributed by atoms with Crippen LogP contribution in [0.3, 0.4) is 0 Å². The molecule has 14 atom stereocenters. The van der Waals surface area contributed by atoms with Crippen LogP contribution >= 0.6 is 0 Å². The fraction of sp³-hybridized carbons (Fsp3) is 1.00. The Morgan fingerprint density at radius 3 is 1.35 bits per heavy atom. The van der Waals surface area contributed by atoms with Gasteiger partial charge in [-0.05, 0) is 167 Å². The van der Waals surface area contributed by atoms with Crippen molar-refractivity contribution in [2.75, 3.05) is 0 Å². The van der Waals surface area contributed by atoms with Crippen molar-refractivity contribution in [2.45, 2.75) is 217 Å². The molecule has 2 aliphatic heterocycles. The first-order chi connectivity index (χ1) is 25.2. The molecule has 4 heteroatoms. The van der Waals surface area contributed by atoms with E-state index in [1.165, 1.54) is 141 Å². The van der Waals surface area contributed by atoms with Gasteiger partial charge in [0.2, 0.25) is 0 Å². The van der Waals surface area contributed by atoms with E-state index >= 15 is 0 Å². The zero-order valence-corrected chi connectivity index (χ0v) is 32.8. The van der Waals surface area contributed by atoms with Gasteiger partial charge in [0.15, 0.2) is 0 Å². The Kier molecular flexibility index (Phi) is 10.9. The van der Waals surface area contributed by atoms with Crippen LogP contribution in [0.25, 0.3) is 0 Å². The number of hydrogen-bond acceptors (Lipinski definition) is 4. The van der Waals surface area contributed by atoms with E-state index in [4.69, 9.17) is 4.74 Å². The second kappa shape index (κ2) is 15.8. The fourth-order valence-corrected chi connectivity index (χ4v) is 16.4. The molecule has 10 fully saturated rings. The van der Waals surface area contributed by atoms with Crippen molar-refractivity contribution in [2.24, 2.45) is 76.9 Å². The first-order valence-corrected chi connectivity index (χ1v) is 24.2. The molecule has 2 saturated heterocycles. The standard InChI is InChI=1S/C47H79N3O/c1-4-12-30(13-5-1)35-20-21-37-27-38(23-22-36(37)26-35)39-24-25-40(43-41-28-33-18-10-11-19-34(33)29-42(41)51-44(39)43)47-49-45(31-14-6-2-7-15-31)48-46(50-47)32-16-8-3-9-17-32/h30-50H,1-29H2. The average molecular weight is 702 g/mol. The van der Waals surface area contributed by atoms with E-state index in [9.17, 15) is 0 Å². The number of ether oxygens (including phenoxy) is 1. The van der Waals surface area contributed by atoms with Gasteiger partial charge < -0.3 is 4.74 Å². The topological polar surface area (TPSA) is 45.3 Å². The highest BCUT2D eigenvalue weighted by Crippen LogP contribution is 2.59. The lowest BCUT2D eigenvalue weighted by molar-refractivity contribution is -0.0824. The van der Waals surface area contributed by atoms with E-state index in [0.29, 0.717) is 30.7 Å². The smallest absolute Gasteiger partial charge is 0.0645 e. The Hall–Kier alpha value is -0.160. The highest BCUT2D eigenvalue weighted by molar-refractivity contribution is 5.08. The molecule has 4 nitrogen and oxygen atoms in total. The summed E-state index contributed by atoms with van der Waals surface area (Å²) < 4.78 is 7.65. The molecule has 51 heavy (non-hydrogen) atoms.